The Balaban J connectivity index is 1.68. The maximum Gasteiger partial charge on any atom is 0.0794 e. The maximum absolute atomic E-state index is 9.61. The van der Waals surface area contributed by atoms with Crippen molar-refractivity contribution in [1.82, 2.24) is 10.3 Å². The van der Waals surface area contributed by atoms with Crippen molar-refractivity contribution < 1.29 is 5.11 Å². The van der Waals surface area contributed by atoms with Gasteiger partial charge in [0.15, 0.2) is 0 Å². The lowest BCUT2D eigenvalue weighted by Crippen LogP contribution is -2.29. The SMILES string of the molecule is OC(CNC1CC1)Cc1cncs1. The number of aromatic nitrogens is 1. The third-order valence-corrected chi connectivity index (χ3v) is 2.94. The maximum atomic E-state index is 9.61. The summed E-state index contributed by atoms with van der Waals surface area (Å²) < 4.78 is 0. The van der Waals surface area contributed by atoms with Crippen molar-refractivity contribution in [3.8, 4) is 0 Å². The van der Waals surface area contributed by atoms with E-state index in [1.54, 1.807) is 16.8 Å². The highest BCUT2D eigenvalue weighted by Crippen LogP contribution is 2.18. The van der Waals surface area contributed by atoms with Gasteiger partial charge >= 0.3 is 0 Å². The molecule has 1 aliphatic rings. The van der Waals surface area contributed by atoms with Gasteiger partial charge in [-0.05, 0) is 12.8 Å². The molecular formula is C9H14N2OS. The molecule has 1 aliphatic carbocycles. The molecule has 13 heavy (non-hydrogen) atoms. The molecule has 1 fully saturated rings. The Morgan fingerprint density at radius 2 is 2.54 bits per heavy atom. The number of hydrogen-bond acceptors (Lipinski definition) is 4. The van der Waals surface area contributed by atoms with Crippen LogP contribution in [-0.2, 0) is 6.42 Å². The summed E-state index contributed by atoms with van der Waals surface area (Å²) in [4.78, 5) is 5.13. The van der Waals surface area contributed by atoms with Gasteiger partial charge in [-0.25, -0.2) is 0 Å². The number of nitrogens with one attached hydrogen (secondary N) is 1. The second-order valence-electron chi connectivity index (χ2n) is 3.51. The predicted molar refractivity (Wildman–Crippen MR) is 52.8 cm³/mol. The van der Waals surface area contributed by atoms with Gasteiger partial charge in [-0.15, -0.1) is 11.3 Å². The quantitative estimate of drug-likeness (QED) is 0.735. The average molecular weight is 198 g/mol. The van der Waals surface area contributed by atoms with E-state index >= 15 is 0 Å². The lowest BCUT2D eigenvalue weighted by atomic mass is 10.2. The van der Waals surface area contributed by atoms with E-state index < -0.39 is 0 Å². The fraction of sp³-hybridized carbons (Fsp3) is 0.667. The second-order valence-corrected chi connectivity index (χ2v) is 4.48. The van der Waals surface area contributed by atoms with E-state index in [9.17, 15) is 5.11 Å². The minimum Gasteiger partial charge on any atom is -0.391 e. The molecule has 0 aliphatic heterocycles. The molecule has 1 aromatic rings. The van der Waals surface area contributed by atoms with Gasteiger partial charge in [0, 0.05) is 30.1 Å². The second kappa shape index (κ2) is 4.17. The molecule has 0 bridgehead atoms. The van der Waals surface area contributed by atoms with Crippen LogP contribution >= 0.6 is 11.3 Å². The van der Waals surface area contributed by atoms with Crippen LogP contribution in [0.1, 0.15) is 17.7 Å². The summed E-state index contributed by atoms with van der Waals surface area (Å²) in [5.74, 6) is 0. The standard InChI is InChI=1S/C9H14N2OS/c12-8(4-11-7-1-2-7)3-9-5-10-6-13-9/h5-8,11-12H,1-4H2. The number of hydrogen-bond donors (Lipinski definition) is 2. The monoisotopic (exact) mass is 198 g/mol. The first-order valence-corrected chi connectivity index (χ1v) is 5.51. The Bertz CT molecular complexity index is 246. The highest BCUT2D eigenvalue weighted by Gasteiger charge is 2.21. The highest BCUT2D eigenvalue weighted by atomic mass is 32.1. The van der Waals surface area contributed by atoms with E-state index in [4.69, 9.17) is 0 Å². The van der Waals surface area contributed by atoms with Gasteiger partial charge in [-0.1, -0.05) is 0 Å². The van der Waals surface area contributed by atoms with E-state index in [1.807, 2.05) is 6.20 Å². The third-order valence-electron chi connectivity index (χ3n) is 2.14. The number of aliphatic hydroxyl groups is 1. The Hall–Kier alpha value is -0.450. The van der Waals surface area contributed by atoms with Crippen LogP contribution in [0.4, 0.5) is 0 Å². The molecule has 0 spiro atoms. The van der Waals surface area contributed by atoms with Gasteiger partial charge in [-0.2, -0.15) is 0 Å². The molecule has 1 atom stereocenters. The first kappa shape index (κ1) is 9.12. The molecule has 0 aromatic carbocycles. The van der Waals surface area contributed by atoms with Crippen LogP contribution in [0.25, 0.3) is 0 Å². The highest BCUT2D eigenvalue weighted by molar-refractivity contribution is 7.09. The fourth-order valence-electron chi connectivity index (χ4n) is 1.24. The van der Waals surface area contributed by atoms with Crippen LogP contribution in [-0.4, -0.2) is 28.8 Å². The summed E-state index contributed by atoms with van der Waals surface area (Å²) in [6.07, 6.45) is 4.83. The van der Waals surface area contributed by atoms with Gasteiger partial charge in [0.05, 0.1) is 11.6 Å². The fourth-order valence-corrected chi connectivity index (χ4v) is 1.90. The Morgan fingerprint density at radius 3 is 3.15 bits per heavy atom. The molecule has 1 saturated carbocycles. The molecule has 3 nitrogen and oxygen atoms in total. The van der Waals surface area contributed by atoms with E-state index in [0.29, 0.717) is 12.6 Å². The molecule has 0 saturated heterocycles. The van der Waals surface area contributed by atoms with Crippen LogP contribution in [0.2, 0.25) is 0 Å². The van der Waals surface area contributed by atoms with Crippen molar-refractivity contribution in [2.75, 3.05) is 6.54 Å². The zero-order chi connectivity index (χ0) is 9.10. The molecular weight excluding hydrogens is 184 g/mol. The number of rotatable bonds is 5. The van der Waals surface area contributed by atoms with Crippen LogP contribution in [0.5, 0.6) is 0 Å². The van der Waals surface area contributed by atoms with Gasteiger partial charge in [0.2, 0.25) is 0 Å². The van der Waals surface area contributed by atoms with Crippen LogP contribution in [0.15, 0.2) is 11.7 Å². The first-order valence-electron chi connectivity index (χ1n) is 4.63. The van der Waals surface area contributed by atoms with Crippen molar-refractivity contribution in [2.45, 2.75) is 31.4 Å². The molecule has 2 rings (SSSR count). The summed E-state index contributed by atoms with van der Waals surface area (Å²) in [7, 11) is 0. The smallest absolute Gasteiger partial charge is 0.0794 e. The molecule has 2 N–H and O–H groups in total. The van der Waals surface area contributed by atoms with Crippen molar-refractivity contribution in [1.29, 1.82) is 0 Å². The lowest BCUT2D eigenvalue weighted by Gasteiger charge is -2.09. The Kier molecular flexibility index (Phi) is 2.93. The largest absolute Gasteiger partial charge is 0.391 e. The topological polar surface area (TPSA) is 45.1 Å². The molecule has 72 valence electrons. The van der Waals surface area contributed by atoms with Gasteiger partial charge in [0.1, 0.15) is 0 Å². The molecule has 1 heterocycles. The number of aliphatic hydroxyl groups excluding tert-OH is 1. The molecule has 0 amide bonds. The normalized spacial score (nSPS) is 18.8. The van der Waals surface area contributed by atoms with E-state index in [1.165, 1.54) is 12.8 Å². The summed E-state index contributed by atoms with van der Waals surface area (Å²) in [6, 6.07) is 0.677. The predicted octanol–water partition coefficient (Wildman–Crippen LogP) is 0.798. The summed E-state index contributed by atoms with van der Waals surface area (Å²) in [6.45, 7) is 0.711. The van der Waals surface area contributed by atoms with Gasteiger partial charge in [-0.3, -0.25) is 4.98 Å². The zero-order valence-corrected chi connectivity index (χ0v) is 8.26. The summed E-state index contributed by atoms with van der Waals surface area (Å²) in [5.41, 5.74) is 1.80. The van der Waals surface area contributed by atoms with Crippen molar-refractivity contribution >= 4 is 11.3 Å². The van der Waals surface area contributed by atoms with Crippen molar-refractivity contribution in [3.63, 3.8) is 0 Å². The summed E-state index contributed by atoms with van der Waals surface area (Å²) in [5, 5.41) is 12.9. The first-order chi connectivity index (χ1) is 6.34. The van der Waals surface area contributed by atoms with Gasteiger partial charge < -0.3 is 10.4 Å². The van der Waals surface area contributed by atoms with Crippen molar-refractivity contribution in [3.05, 3.63) is 16.6 Å². The molecule has 1 aromatic heterocycles. The van der Waals surface area contributed by atoms with E-state index in [-0.39, 0.29) is 6.10 Å². The lowest BCUT2D eigenvalue weighted by molar-refractivity contribution is 0.172. The number of nitrogens with zero attached hydrogens (tertiary/aromatic N) is 1. The summed E-state index contributed by atoms with van der Waals surface area (Å²) >= 11 is 1.60. The Labute approximate surface area is 81.8 Å². The zero-order valence-electron chi connectivity index (χ0n) is 7.44. The van der Waals surface area contributed by atoms with E-state index in [2.05, 4.69) is 10.3 Å². The minimum atomic E-state index is -0.263. The molecule has 1 unspecified atom stereocenters. The van der Waals surface area contributed by atoms with Crippen LogP contribution < -0.4 is 5.32 Å². The average Bonchev–Trinajstić information content (AvgIpc) is 2.82. The van der Waals surface area contributed by atoms with Crippen LogP contribution in [0.3, 0.4) is 0 Å². The van der Waals surface area contributed by atoms with E-state index in [0.717, 1.165) is 11.3 Å². The minimum absolute atomic E-state index is 0.263. The van der Waals surface area contributed by atoms with Crippen LogP contribution in [0, 0.1) is 0 Å². The van der Waals surface area contributed by atoms with Crippen molar-refractivity contribution in [2.24, 2.45) is 0 Å². The molecule has 4 heteroatoms. The number of thiazole rings is 1. The third kappa shape index (κ3) is 3.06. The molecule has 0 radical (unpaired) electrons. The van der Waals surface area contributed by atoms with Gasteiger partial charge in [0.25, 0.3) is 0 Å². The Morgan fingerprint density at radius 1 is 1.69 bits per heavy atom.